The maximum Gasteiger partial charge on any atom is 0.352 e. The van der Waals surface area contributed by atoms with E-state index in [9.17, 15) is 34.2 Å². The summed E-state index contributed by atoms with van der Waals surface area (Å²) in [5.74, 6) is -3.28. The van der Waals surface area contributed by atoms with Crippen molar-refractivity contribution < 1.29 is 34.2 Å². The summed E-state index contributed by atoms with van der Waals surface area (Å²) in [7, 11) is 0. The Bertz CT molecular complexity index is 1470. The lowest BCUT2D eigenvalue weighted by Crippen LogP contribution is -2.70. The topological polar surface area (TPSA) is 242 Å². The predicted molar refractivity (Wildman–Crippen MR) is 139 cm³/mol. The Labute approximate surface area is 226 Å². The number of nitrogen functional groups attached to an aromatic ring is 1. The highest BCUT2D eigenvalue weighted by atomic mass is 32.2. The number of amides is 3. The van der Waals surface area contributed by atoms with Crippen molar-refractivity contribution in [3.63, 3.8) is 0 Å². The smallest absolute Gasteiger partial charge is 0.352 e. The molecule has 2 aliphatic heterocycles. The third kappa shape index (κ3) is 6.24. The van der Waals surface area contributed by atoms with Gasteiger partial charge < -0.3 is 31.1 Å². The lowest BCUT2D eigenvalue weighted by molar-refractivity contribution is -0.150. The molecular formula is C21H20N8O8S2. The zero-order valence-corrected chi connectivity index (χ0v) is 21.3. The molecule has 0 radical (unpaired) electrons. The quantitative estimate of drug-likeness (QED) is 0.111. The fourth-order valence-corrected chi connectivity index (χ4v) is 5.23. The normalized spacial score (nSPS) is 18.7. The van der Waals surface area contributed by atoms with Gasteiger partial charge >= 0.3 is 5.97 Å². The number of thiazole rings is 1. The van der Waals surface area contributed by atoms with E-state index in [0.717, 1.165) is 28.6 Å². The summed E-state index contributed by atoms with van der Waals surface area (Å²) in [6, 6.07) is -0.921. The Balaban J connectivity index is 1.34. The molecule has 0 bridgehead atoms. The van der Waals surface area contributed by atoms with Gasteiger partial charge in [0.15, 0.2) is 17.5 Å². The maximum absolute atomic E-state index is 12.7. The van der Waals surface area contributed by atoms with Crippen molar-refractivity contribution in [1.82, 2.24) is 25.6 Å². The van der Waals surface area contributed by atoms with E-state index in [2.05, 4.69) is 31.0 Å². The number of carboxylic acids is 1. The number of thioether (sulfide) groups is 1. The van der Waals surface area contributed by atoms with Crippen LogP contribution in [0.15, 0.2) is 44.6 Å². The van der Waals surface area contributed by atoms with Crippen LogP contribution >= 0.6 is 23.1 Å². The van der Waals surface area contributed by atoms with E-state index < -0.39 is 52.9 Å². The minimum absolute atomic E-state index is 0.00134. The van der Waals surface area contributed by atoms with Crippen molar-refractivity contribution in [2.24, 2.45) is 10.3 Å². The van der Waals surface area contributed by atoms with Gasteiger partial charge in [-0.3, -0.25) is 24.1 Å². The van der Waals surface area contributed by atoms with Crippen LogP contribution in [0.2, 0.25) is 0 Å². The number of aromatic amines is 1. The number of hydrogen-bond acceptors (Lipinski definition) is 13. The highest BCUT2D eigenvalue weighted by molar-refractivity contribution is 8.00. The number of nitrogens with one attached hydrogen (secondary N) is 3. The van der Waals surface area contributed by atoms with E-state index in [1.165, 1.54) is 29.4 Å². The number of hydrogen-bond donors (Lipinski definition) is 6. The van der Waals surface area contributed by atoms with Gasteiger partial charge in [0, 0.05) is 23.5 Å². The van der Waals surface area contributed by atoms with E-state index in [-0.39, 0.29) is 34.2 Å². The van der Waals surface area contributed by atoms with Crippen LogP contribution in [0.1, 0.15) is 17.7 Å². The van der Waals surface area contributed by atoms with Gasteiger partial charge in [-0.15, -0.1) is 23.1 Å². The third-order valence-electron chi connectivity index (χ3n) is 5.24. The lowest BCUT2D eigenvalue weighted by atomic mass is 10.0. The van der Waals surface area contributed by atoms with Crippen molar-refractivity contribution >= 4 is 63.8 Å². The number of pyridine rings is 1. The number of β-lactam (4-membered cyclic amide) rings is 1. The summed E-state index contributed by atoms with van der Waals surface area (Å²) < 4.78 is 0. The number of anilines is 1. The second-order valence-corrected chi connectivity index (χ2v) is 9.89. The van der Waals surface area contributed by atoms with Crippen LogP contribution in [0.4, 0.5) is 5.13 Å². The van der Waals surface area contributed by atoms with Crippen LogP contribution < -0.4 is 21.9 Å². The molecule has 39 heavy (non-hydrogen) atoms. The SMILES string of the molecule is Nc1nc(/C(CC(=O)NC2C(=O)N3C(C(=O)O)=CCSC23)=N/OCC(=O)N/N=C/c2c[nH]cc(O)c2=O)cs1. The van der Waals surface area contributed by atoms with Crippen molar-refractivity contribution in [2.45, 2.75) is 17.8 Å². The van der Waals surface area contributed by atoms with Gasteiger partial charge in [-0.2, -0.15) is 5.10 Å². The van der Waals surface area contributed by atoms with Crippen LogP contribution in [-0.2, 0) is 24.0 Å². The maximum atomic E-state index is 12.7. The molecule has 2 aromatic heterocycles. The number of carbonyl (C=O) groups excluding carboxylic acids is 3. The standard InChI is InChI=1S/C21H20N8O8S2/c22-21-25-11(8-39-21)10(28-37-7-15(32)27-24-5-9-4-23-6-13(30)17(9)33)3-14(31)26-16-18(34)29-12(20(35)36)1-2-38-19(16)29/h1,4-6,8,16,19,30H,2-3,7H2,(H2,22,25)(H,23,33)(H,26,31)(H,27,32)(H,35,36)/b24-5+,28-10+. The predicted octanol–water partition coefficient (Wildman–Crippen LogP) is -1.25. The molecule has 204 valence electrons. The number of fused-ring (bicyclic) bond motifs is 1. The Morgan fingerprint density at radius 3 is 2.82 bits per heavy atom. The number of carbonyl (C=O) groups is 4. The van der Waals surface area contributed by atoms with Gasteiger partial charge in [0.05, 0.1) is 18.2 Å². The van der Waals surface area contributed by atoms with E-state index in [1.54, 1.807) is 0 Å². The number of aliphatic carboxylic acids is 1. The molecule has 2 aliphatic rings. The zero-order valence-electron chi connectivity index (χ0n) is 19.7. The first-order valence-corrected chi connectivity index (χ1v) is 12.9. The van der Waals surface area contributed by atoms with Gasteiger partial charge in [-0.05, 0) is 6.08 Å². The third-order valence-corrected chi connectivity index (χ3v) is 7.10. The fraction of sp³-hybridized carbons (Fsp3) is 0.238. The van der Waals surface area contributed by atoms with Gasteiger partial charge in [-0.1, -0.05) is 5.16 Å². The van der Waals surface area contributed by atoms with Crippen molar-refractivity contribution in [1.29, 1.82) is 0 Å². The van der Waals surface area contributed by atoms with Gasteiger partial charge in [0.1, 0.15) is 28.5 Å². The van der Waals surface area contributed by atoms with Crippen LogP contribution in [0, 0.1) is 0 Å². The van der Waals surface area contributed by atoms with E-state index in [1.807, 2.05) is 0 Å². The number of aromatic nitrogens is 2. The largest absolute Gasteiger partial charge is 0.503 e. The molecule has 0 aliphatic carbocycles. The Morgan fingerprint density at radius 1 is 1.31 bits per heavy atom. The summed E-state index contributed by atoms with van der Waals surface area (Å²) >= 11 is 2.40. The average Bonchev–Trinajstić information content (AvgIpc) is 3.34. The van der Waals surface area contributed by atoms with Crippen molar-refractivity contribution in [3.05, 3.63) is 51.0 Å². The number of nitrogens with two attached hydrogens (primary N) is 1. The van der Waals surface area contributed by atoms with Gasteiger partial charge in [-0.25, -0.2) is 15.2 Å². The number of nitrogens with zero attached hydrogens (tertiary/aromatic N) is 4. The number of oxime groups is 1. The summed E-state index contributed by atoms with van der Waals surface area (Å²) in [5, 5.41) is 29.8. The zero-order chi connectivity index (χ0) is 28.1. The Kier molecular flexibility index (Phi) is 8.25. The Morgan fingerprint density at radius 2 is 2.10 bits per heavy atom. The minimum atomic E-state index is -1.23. The first-order chi connectivity index (χ1) is 18.7. The monoisotopic (exact) mass is 576 g/mol. The summed E-state index contributed by atoms with van der Waals surface area (Å²) in [6.07, 6.45) is 4.45. The summed E-state index contributed by atoms with van der Waals surface area (Å²) in [5.41, 5.74) is 7.22. The molecule has 0 saturated carbocycles. The molecule has 4 rings (SSSR count). The van der Waals surface area contributed by atoms with E-state index in [0.29, 0.717) is 5.75 Å². The van der Waals surface area contributed by atoms with Crippen LogP contribution in [0.3, 0.4) is 0 Å². The number of carboxylic acid groups (broad SMARTS) is 1. The molecule has 0 aromatic carbocycles. The van der Waals surface area contributed by atoms with Crippen molar-refractivity contribution in [3.8, 4) is 5.75 Å². The van der Waals surface area contributed by atoms with Gasteiger partial charge in [0.2, 0.25) is 11.3 Å². The van der Waals surface area contributed by atoms with E-state index >= 15 is 0 Å². The minimum Gasteiger partial charge on any atom is -0.503 e. The second kappa shape index (κ2) is 11.8. The van der Waals surface area contributed by atoms with Crippen LogP contribution in [-0.4, -0.2) is 84.5 Å². The highest BCUT2D eigenvalue weighted by Gasteiger charge is 2.52. The molecule has 18 heteroatoms. The Hall–Kier alpha value is -4.71. The second-order valence-electron chi connectivity index (χ2n) is 7.85. The molecule has 7 N–H and O–H groups in total. The highest BCUT2D eigenvalue weighted by Crippen LogP contribution is 2.37. The summed E-state index contributed by atoms with van der Waals surface area (Å²) in [6.45, 7) is -0.614. The van der Waals surface area contributed by atoms with E-state index in [4.69, 9.17) is 10.6 Å². The number of aromatic hydroxyl groups is 1. The molecule has 1 fully saturated rings. The lowest BCUT2D eigenvalue weighted by Gasteiger charge is -2.48. The van der Waals surface area contributed by atoms with Crippen LogP contribution in [0.25, 0.3) is 0 Å². The molecule has 1 saturated heterocycles. The first kappa shape index (κ1) is 27.3. The molecule has 3 amide bonds. The average molecular weight is 577 g/mol. The summed E-state index contributed by atoms with van der Waals surface area (Å²) in [4.78, 5) is 73.1. The molecular weight excluding hydrogens is 556 g/mol. The molecule has 4 heterocycles. The number of H-pyrrole nitrogens is 1. The van der Waals surface area contributed by atoms with Crippen LogP contribution in [0.5, 0.6) is 5.75 Å². The number of hydrazone groups is 1. The van der Waals surface area contributed by atoms with Gasteiger partial charge in [0.25, 0.3) is 11.8 Å². The molecule has 0 spiro atoms. The molecule has 16 nitrogen and oxygen atoms in total. The number of rotatable bonds is 10. The molecule has 2 atom stereocenters. The molecule has 2 aromatic rings. The fourth-order valence-electron chi connectivity index (χ4n) is 3.46. The van der Waals surface area contributed by atoms with Crippen molar-refractivity contribution in [2.75, 3.05) is 18.1 Å². The first-order valence-electron chi connectivity index (χ1n) is 11.0. The molecule has 2 unspecified atom stereocenters.